The summed E-state index contributed by atoms with van der Waals surface area (Å²) >= 11 is 0. The quantitative estimate of drug-likeness (QED) is 0.874. The number of rotatable bonds is 3. The van der Waals surface area contributed by atoms with E-state index in [9.17, 15) is 5.11 Å². The van der Waals surface area contributed by atoms with E-state index in [1.165, 1.54) is 11.1 Å². The van der Waals surface area contributed by atoms with E-state index < -0.39 is 0 Å². The van der Waals surface area contributed by atoms with Crippen molar-refractivity contribution in [3.8, 4) is 23.0 Å². The average molecular weight is 354 g/mol. The van der Waals surface area contributed by atoms with Crippen LogP contribution in [0.5, 0.6) is 23.0 Å². The van der Waals surface area contributed by atoms with Crippen molar-refractivity contribution >= 4 is 0 Å². The molecule has 0 aromatic heterocycles. The van der Waals surface area contributed by atoms with Gasteiger partial charge in [-0.25, -0.2) is 0 Å². The molecule has 1 atom stereocenters. The fourth-order valence-corrected chi connectivity index (χ4v) is 3.94. The Hall–Kier alpha value is -2.36. The molecule has 0 amide bonds. The van der Waals surface area contributed by atoms with Crippen molar-refractivity contribution in [2.24, 2.45) is 0 Å². The summed E-state index contributed by atoms with van der Waals surface area (Å²) in [6.07, 6.45) is 2.82. The van der Waals surface area contributed by atoms with Crippen LogP contribution in [0.2, 0.25) is 0 Å². The van der Waals surface area contributed by atoms with Gasteiger partial charge >= 0.3 is 0 Å². The second-order valence-corrected chi connectivity index (χ2v) is 7.76. The smallest absolute Gasteiger partial charge is 0.129 e. The van der Waals surface area contributed by atoms with E-state index in [0.29, 0.717) is 19.0 Å². The lowest BCUT2D eigenvalue weighted by Crippen LogP contribution is -2.33. The van der Waals surface area contributed by atoms with Gasteiger partial charge in [0.1, 0.15) is 28.6 Å². The van der Waals surface area contributed by atoms with Crippen LogP contribution < -0.4 is 14.2 Å². The van der Waals surface area contributed by atoms with Crippen molar-refractivity contribution in [3.63, 3.8) is 0 Å². The summed E-state index contributed by atoms with van der Waals surface area (Å²) in [5.74, 6) is 3.04. The molecule has 0 saturated heterocycles. The average Bonchev–Trinajstić information content (AvgIpc) is 2.60. The zero-order chi connectivity index (χ0) is 18.3. The third-order valence-corrected chi connectivity index (χ3v) is 5.31. The Morgan fingerprint density at radius 1 is 1.23 bits per heavy atom. The van der Waals surface area contributed by atoms with Gasteiger partial charge < -0.3 is 19.3 Å². The first-order chi connectivity index (χ1) is 12.5. The van der Waals surface area contributed by atoms with Crippen molar-refractivity contribution in [1.29, 1.82) is 0 Å². The zero-order valence-electron chi connectivity index (χ0n) is 15.7. The summed E-state index contributed by atoms with van der Waals surface area (Å²) < 4.78 is 17.7. The van der Waals surface area contributed by atoms with Crippen LogP contribution >= 0.6 is 0 Å². The maximum Gasteiger partial charge on any atom is 0.129 e. The molecule has 26 heavy (non-hydrogen) atoms. The molecule has 0 radical (unpaired) electrons. The standard InChI is InChI=1S/C22H26O4/c1-4-24-16-6-7-17(19(23)12-16)15-11-14-5-8-20-18(21(14)25-13-15)9-10-22(2,3)26-20/h5-8,12,15,23H,4,9-11,13H2,1-3H3/t15-/m0/s1. The maximum absolute atomic E-state index is 10.4. The van der Waals surface area contributed by atoms with Gasteiger partial charge in [-0.1, -0.05) is 12.1 Å². The number of benzene rings is 2. The first kappa shape index (κ1) is 17.1. The van der Waals surface area contributed by atoms with Gasteiger partial charge in [0.2, 0.25) is 0 Å². The predicted octanol–water partition coefficient (Wildman–Crippen LogP) is 4.61. The molecule has 2 aliphatic heterocycles. The van der Waals surface area contributed by atoms with Gasteiger partial charge in [0, 0.05) is 23.1 Å². The molecule has 4 heteroatoms. The third-order valence-electron chi connectivity index (χ3n) is 5.31. The highest BCUT2D eigenvalue weighted by atomic mass is 16.5. The van der Waals surface area contributed by atoms with E-state index in [1.807, 2.05) is 19.1 Å². The molecule has 2 aliphatic rings. The van der Waals surface area contributed by atoms with Gasteiger partial charge in [-0.3, -0.25) is 0 Å². The van der Waals surface area contributed by atoms with Crippen molar-refractivity contribution in [3.05, 3.63) is 47.0 Å². The molecular formula is C22H26O4. The molecule has 138 valence electrons. The molecule has 0 unspecified atom stereocenters. The number of aromatic hydroxyl groups is 1. The zero-order valence-corrected chi connectivity index (χ0v) is 15.7. The third kappa shape index (κ3) is 3.09. The van der Waals surface area contributed by atoms with E-state index in [-0.39, 0.29) is 17.3 Å². The minimum atomic E-state index is -0.119. The lowest BCUT2D eigenvalue weighted by Gasteiger charge is -2.35. The van der Waals surface area contributed by atoms with E-state index in [2.05, 4.69) is 26.0 Å². The Morgan fingerprint density at radius 2 is 2.08 bits per heavy atom. The first-order valence-electron chi connectivity index (χ1n) is 9.39. The molecular weight excluding hydrogens is 328 g/mol. The number of phenolic OH excluding ortho intramolecular Hbond substituents is 1. The van der Waals surface area contributed by atoms with E-state index in [1.54, 1.807) is 6.07 Å². The maximum atomic E-state index is 10.4. The number of hydrogen-bond donors (Lipinski definition) is 1. The number of fused-ring (bicyclic) bond motifs is 3. The van der Waals surface area contributed by atoms with Crippen LogP contribution in [0.4, 0.5) is 0 Å². The number of hydrogen-bond acceptors (Lipinski definition) is 4. The van der Waals surface area contributed by atoms with Crippen LogP contribution in [0.25, 0.3) is 0 Å². The van der Waals surface area contributed by atoms with Crippen LogP contribution in [-0.2, 0) is 12.8 Å². The summed E-state index contributed by atoms with van der Waals surface area (Å²) in [6.45, 7) is 7.33. The summed E-state index contributed by atoms with van der Waals surface area (Å²) in [5.41, 5.74) is 3.17. The predicted molar refractivity (Wildman–Crippen MR) is 101 cm³/mol. The molecule has 2 aromatic rings. The summed E-state index contributed by atoms with van der Waals surface area (Å²) in [6, 6.07) is 9.73. The van der Waals surface area contributed by atoms with Crippen LogP contribution in [-0.4, -0.2) is 23.9 Å². The van der Waals surface area contributed by atoms with Crippen molar-refractivity contribution in [2.75, 3.05) is 13.2 Å². The van der Waals surface area contributed by atoms with Gasteiger partial charge in [0.25, 0.3) is 0 Å². The highest BCUT2D eigenvalue weighted by Gasteiger charge is 2.32. The summed E-state index contributed by atoms with van der Waals surface area (Å²) in [5, 5.41) is 10.4. The van der Waals surface area contributed by atoms with Gasteiger partial charge in [-0.15, -0.1) is 0 Å². The Kier molecular flexibility index (Phi) is 4.22. The molecule has 0 aliphatic carbocycles. The molecule has 0 spiro atoms. The van der Waals surface area contributed by atoms with E-state index in [0.717, 1.165) is 36.3 Å². The topological polar surface area (TPSA) is 47.9 Å². The second kappa shape index (κ2) is 6.42. The second-order valence-electron chi connectivity index (χ2n) is 7.76. The fraction of sp³-hybridized carbons (Fsp3) is 0.455. The first-order valence-corrected chi connectivity index (χ1v) is 9.39. The van der Waals surface area contributed by atoms with Crippen LogP contribution in [0.1, 0.15) is 49.8 Å². The number of phenols is 1. The van der Waals surface area contributed by atoms with Crippen molar-refractivity contribution in [2.45, 2.75) is 51.6 Å². The van der Waals surface area contributed by atoms with Gasteiger partial charge in [0.15, 0.2) is 0 Å². The minimum absolute atomic E-state index is 0.119. The van der Waals surface area contributed by atoms with Gasteiger partial charge in [-0.2, -0.15) is 0 Å². The molecule has 1 N–H and O–H groups in total. The molecule has 4 rings (SSSR count). The normalized spacial score (nSPS) is 20.3. The largest absolute Gasteiger partial charge is 0.508 e. The summed E-state index contributed by atoms with van der Waals surface area (Å²) in [7, 11) is 0. The molecule has 0 saturated carbocycles. The van der Waals surface area contributed by atoms with Crippen molar-refractivity contribution < 1.29 is 19.3 Å². The van der Waals surface area contributed by atoms with Crippen molar-refractivity contribution in [1.82, 2.24) is 0 Å². The lowest BCUT2D eigenvalue weighted by atomic mass is 9.86. The SMILES string of the molecule is CCOc1ccc([C@@H]2COc3c(ccc4c3CCC(C)(C)O4)C2)c(O)c1. The van der Waals surface area contributed by atoms with Gasteiger partial charge in [0.05, 0.1) is 13.2 Å². The molecule has 2 heterocycles. The Labute approximate surface area is 154 Å². The fourth-order valence-electron chi connectivity index (χ4n) is 3.94. The molecule has 0 bridgehead atoms. The molecule has 0 fully saturated rings. The lowest BCUT2D eigenvalue weighted by molar-refractivity contribution is 0.0826. The van der Waals surface area contributed by atoms with Crippen LogP contribution in [0.3, 0.4) is 0 Å². The summed E-state index contributed by atoms with van der Waals surface area (Å²) in [4.78, 5) is 0. The molecule has 2 aromatic carbocycles. The highest BCUT2D eigenvalue weighted by Crippen LogP contribution is 2.44. The number of ether oxygens (including phenoxy) is 3. The Morgan fingerprint density at radius 3 is 2.85 bits per heavy atom. The van der Waals surface area contributed by atoms with E-state index in [4.69, 9.17) is 14.2 Å². The van der Waals surface area contributed by atoms with Crippen LogP contribution in [0.15, 0.2) is 30.3 Å². The highest BCUT2D eigenvalue weighted by molar-refractivity contribution is 5.54. The minimum Gasteiger partial charge on any atom is -0.508 e. The van der Waals surface area contributed by atoms with Crippen LogP contribution in [0, 0.1) is 0 Å². The van der Waals surface area contributed by atoms with E-state index >= 15 is 0 Å². The van der Waals surface area contributed by atoms with Gasteiger partial charge in [-0.05, 0) is 57.7 Å². The Balaban J connectivity index is 1.59. The molecule has 4 nitrogen and oxygen atoms in total. The Bertz CT molecular complexity index is 825. The monoisotopic (exact) mass is 354 g/mol.